The number of rotatable bonds is 1. The van der Waals surface area contributed by atoms with Gasteiger partial charge in [-0.05, 0) is 18.2 Å². The summed E-state index contributed by atoms with van der Waals surface area (Å²) < 4.78 is 34.7. The molecule has 1 aromatic carbocycles. The third-order valence-electron chi connectivity index (χ3n) is 1.49. The second-order valence-corrected chi connectivity index (χ2v) is 4.54. The van der Waals surface area contributed by atoms with Gasteiger partial charge in [0.2, 0.25) is 0 Å². The van der Waals surface area contributed by atoms with Crippen LogP contribution < -0.4 is 0 Å². The predicted octanol–water partition coefficient (Wildman–Crippen LogP) is 1.10. The maximum absolute atomic E-state index is 12.7. The molecule has 0 atom stereocenters. The first kappa shape index (κ1) is 9.68. The highest BCUT2D eigenvalue weighted by atomic mass is 32.2. The van der Waals surface area contributed by atoms with E-state index in [9.17, 15) is 12.8 Å². The van der Waals surface area contributed by atoms with E-state index in [0.29, 0.717) is 0 Å². The van der Waals surface area contributed by atoms with Crippen LogP contribution in [-0.2, 0) is 9.84 Å². The minimum atomic E-state index is -3.37. The summed E-state index contributed by atoms with van der Waals surface area (Å²) in [7, 11) is -3.37. The van der Waals surface area contributed by atoms with Gasteiger partial charge in [-0.2, -0.15) is 5.26 Å². The molecule has 0 amide bonds. The van der Waals surface area contributed by atoms with Crippen LogP contribution in [-0.4, -0.2) is 14.7 Å². The van der Waals surface area contributed by atoms with Crippen LogP contribution in [0.3, 0.4) is 0 Å². The molecule has 68 valence electrons. The van der Waals surface area contributed by atoms with Gasteiger partial charge in [-0.15, -0.1) is 0 Å². The van der Waals surface area contributed by atoms with Gasteiger partial charge in [0.1, 0.15) is 11.9 Å². The van der Waals surface area contributed by atoms with E-state index in [1.807, 2.05) is 0 Å². The fraction of sp³-hybridized carbons (Fsp3) is 0.125. The summed E-state index contributed by atoms with van der Waals surface area (Å²) in [6, 6.07) is 4.68. The summed E-state index contributed by atoms with van der Waals surface area (Å²) in [4.78, 5) is -0.0505. The number of nitrogens with zero attached hydrogens (tertiary/aromatic N) is 1. The van der Waals surface area contributed by atoms with Gasteiger partial charge in [-0.3, -0.25) is 0 Å². The summed E-state index contributed by atoms with van der Waals surface area (Å²) in [5.41, 5.74) is -0.261. The first-order valence-electron chi connectivity index (χ1n) is 3.35. The number of benzene rings is 1. The van der Waals surface area contributed by atoms with E-state index in [2.05, 4.69) is 0 Å². The van der Waals surface area contributed by atoms with Crippen molar-refractivity contribution >= 4 is 9.84 Å². The van der Waals surface area contributed by atoms with Crippen LogP contribution in [0.5, 0.6) is 0 Å². The number of nitriles is 1. The van der Waals surface area contributed by atoms with E-state index in [1.54, 1.807) is 6.07 Å². The highest BCUT2D eigenvalue weighted by molar-refractivity contribution is 7.90. The Balaban J connectivity index is 3.41. The van der Waals surface area contributed by atoms with Gasteiger partial charge in [0.05, 0.1) is 10.5 Å². The van der Waals surface area contributed by atoms with E-state index in [0.717, 1.165) is 24.5 Å². The number of sulfone groups is 1. The fourth-order valence-corrected chi connectivity index (χ4v) is 1.47. The van der Waals surface area contributed by atoms with E-state index in [1.165, 1.54) is 0 Å². The first-order chi connectivity index (χ1) is 5.95. The standard InChI is InChI=1S/C8H6FNO2S/c1-13(11,12)7-2-3-8(9)6(4-7)5-10/h2-4H,1H3. The molecule has 0 heterocycles. The van der Waals surface area contributed by atoms with Gasteiger partial charge in [-0.25, -0.2) is 12.8 Å². The lowest BCUT2D eigenvalue weighted by Crippen LogP contribution is -1.98. The summed E-state index contributed by atoms with van der Waals surface area (Å²) in [6.45, 7) is 0. The zero-order valence-electron chi connectivity index (χ0n) is 6.78. The second kappa shape index (κ2) is 3.15. The normalized spacial score (nSPS) is 10.8. The van der Waals surface area contributed by atoms with Crippen molar-refractivity contribution in [2.24, 2.45) is 0 Å². The Kier molecular flexibility index (Phi) is 2.34. The zero-order valence-corrected chi connectivity index (χ0v) is 7.60. The minimum absolute atomic E-state index is 0.0505. The fourth-order valence-electron chi connectivity index (χ4n) is 0.821. The van der Waals surface area contributed by atoms with E-state index < -0.39 is 15.7 Å². The van der Waals surface area contributed by atoms with Crippen molar-refractivity contribution in [2.75, 3.05) is 6.26 Å². The third kappa shape index (κ3) is 2.04. The van der Waals surface area contributed by atoms with E-state index in [4.69, 9.17) is 5.26 Å². The topological polar surface area (TPSA) is 57.9 Å². The molecule has 0 aliphatic heterocycles. The Morgan fingerprint density at radius 3 is 2.54 bits per heavy atom. The average Bonchev–Trinajstić information content (AvgIpc) is 2.03. The summed E-state index contributed by atoms with van der Waals surface area (Å²) in [5.74, 6) is -0.713. The van der Waals surface area contributed by atoms with E-state index >= 15 is 0 Å². The van der Waals surface area contributed by atoms with Gasteiger partial charge >= 0.3 is 0 Å². The number of halogens is 1. The van der Waals surface area contributed by atoms with Crippen molar-refractivity contribution in [3.63, 3.8) is 0 Å². The van der Waals surface area contributed by atoms with Gasteiger partial charge < -0.3 is 0 Å². The van der Waals surface area contributed by atoms with E-state index in [-0.39, 0.29) is 10.5 Å². The van der Waals surface area contributed by atoms with Crippen LogP contribution >= 0.6 is 0 Å². The molecule has 0 fully saturated rings. The molecule has 0 saturated heterocycles. The monoisotopic (exact) mass is 199 g/mol. The van der Waals surface area contributed by atoms with Crippen molar-refractivity contribution in [1.29, 1.82) is 5.26 Å². The Hall–Kier alpha value is -1.41. The zero-order chi connectivity index (χ0) is 10.1. The summed E-state index contributed by atoms with van der Waals surface area (Å²) in [5, 5.41) is 8.42. The predicted molar refractivity (Wildman–Crippen MR) is 44.2 cm³/mol. The molecule has 0 spiro atoms. The molecule has 0 N–H and O–H groups in total. The first-order valence-corrected chi connectivity index (χ1v) is 5.24. The molecule has 0 radical (unpaired) electrons. The molecule has 1 aromatic rings. The largest absolute Gasteiger partial charge is 0.224 e. The highest BCUT2D eigenvalue weighted by Gasteiger charge is 2.10. The lowest BCUT2D eigenvalue weighted by molar-refractivity contribution is 0.600. The Morgan fingerprint density at radius 2 is 2.08 bits per heavy atom. The molecule has 13 heavy (non-hydrogen) atoms. The van der Waals surface area contributed by atoms with Gasteiger partial charge in [-0.1, -0.05) is 0 Å². The Bertz CT molecular complexity index is 473. The molecule has 0 aliphatic carbocycles. The lowest BCUT2D eigenvalue weighted by atomic mass is 10.2. The molecule has 3 nitrogen and oxygen atoms in total. The SMILES string of the molecule is CS(=O)(=O)c1ccc(F)c(C#N)c1. The van der Waals surface area contributed by atoms with Crippen LogP contribution in [0.4, 0.5) is 4.39 Å². The lowest BCUT2D eigenvalue weighted by Gasteiger charge is -1.98. The van der Waals surface area contributed by atoms with Crippen LogP contribution in [0, 0.1) is 17.1 Å². The highest BCUT2D eigenvalue weighted by Crippen LogP contribution is 2.13. The smallest absolute Gasteiger partial charge is 0.175 e. The van der Waals surface area contributed by atoms with Crippen LogP contribution in [0.2, 0.25) is 0 Å². The minimum Gasteiger partial charge on any atom is -0.224 e. The van der Waals surface area contributed by atoms with Gasteiger partial charge in [0.15, 0.2) is 9.84 Å². The molecule has 1 rings (SSSR count). The molecule has 0 aliphatic rings. The maximum atomic E-state index is 12.7. The van der Waals surface area contributed by atoms with Crippen LogP contribution in [0.25, 0.3) is 0 Å². The van der Waals surface area contributed by atoms with Gasteiger partial charge in [0.25, 0.3) is 0 Å². The number of hydrogen-bond donors (Lipinski definition) is 0. The summed E-state index contributed by atoms with van der Waals surface area (Å²) >= 11 is 0. The van der Waals surface area contributed by atoms with Crippen molar-refractivity contribution in [1.82, 2.24) is 0 Å². The van der Waals surface area contributed by atoms with Crippen LogP contribution in [0.1, 0.15) is 5.56 Å². The molecule has 0 unspecified atom stereocenters. The molecular weight excluding hydrogens is 193 g/mol. The molecule has 0 saturated carbocycles. The van der Waals surface area contributed by atoms with Crippen molar-refractivity contribution in [3.05, 3.63) is 29.6 Å². The molecular formula is C8H6FNO2S. The van der Waals surface area contributed by atoms with Crippen LogP contribution in [0.15, 0.2) is 23.1 Å². The molecule has 0 bridgehead atoms. The second-order valence-electron chi connectivity index (χ2n) is 2.53. The van der Waals surface area contributed by atoms with Crippen molar-refractivity contribution in [3.8, 4) is 6.07 Å². The number of hydrogen-bond acceptors (Lipinski definition) is 3. The van der Waals surface area contributed by atoms with Gasteiger partial charge in [0, 0.05) is 6.26 Å². The maximum Gasteiger partial charge on any atom is 0.175 e. The molecule has 5 heteroatoms. The Labute approximate surface area is 75.3 Å². The van der Waals surface area contributed by atoms with Crippen molar-refractivity contribution in [2.45, 2.75) is 4.90 Å². The Morgan fingerprint density at radius 1 is 1.46 bits per heavy atom. The quantitative estimate of drug-likeness (QED) is 0.636. The molecule has 0 aromatic heterocycles. The van der Waals surface area contributed by atoms with Crippen molar-refractivity contribution < 1.29 is 12.8 Å². The summed E-state index contributed by atoms with van der Waals surface area (Å²) in [6.07, 6.45) is 1.00. The third-order valence-corrected chi connectivity index (χ3v) is 2.60. The average molecular weight is 199 g/mol.